The Hall–Kier alpha value is -1.86. The van der Waals surface area contributed by atoms with Crippen molar-refractivity contribution in [3.63, 3.8) is 0 Å². The number of anilines is 1. The monoisotopic (exact) mass is 316 g/mol. The first kappa shape index (κ1) is 15.5. The van der Waals surface area contributed by atoms with E-state index in [1.807, 2.05) is 0 Å². The average molecular weight is 317 g/mol. The molecule has 0 aliphatic carbocycles. The number of benzene rings is 1. The van der Waals surface area contributed by atoms with Crippen molar-refractivity contribution in [3.05, 3.63) is 29.0 Å². The highest BCUT2D eigenvalue weighted by molar-refractivity contribution is 6.33. The van der Waals surface area contributed by atoms with Crippen molar-refractivity contribution in [2.75, 3.05) is 18.5 Å². The lowest BCUT2D eigenvalue weighted by Gasteiger charge is -2.33. The number of aliphatic carboxylic acids is 1. The summed E-state index contributed by atoms with van der Waals surface area (Å²) >= 11 is 5.83. The maximum Gasteiger partial charge on any atom is 0.329 e. The fourth-order valence-electron chi connectivity index (χ4n) is 2.08. The smallest absolute Gasteiger partial charge is 0.329 e. The second-order valence-electron chi connectivity index (χ2n) is 4.70. The van der Waals surface area contributed by atoms with Crippen molar-refractivity contribution >= 4 is 29.3 Å². The molecule has 1 heterocycles. The average Bonchev–Trinajstić information content (AvgIpc) is 2.43. The molecule has 0 saturated carbocycles. The molecular formula is C13H14ClFN2O4. The van der Waals surface area contributed by atoms with Crippen LogP contribution in [0.2, 0.25) is 5.02 Å². The van der Waals surface area contributed by atoms with Gasteiger partial charge in [-0.3, -0.25) is 0 Å². The summed E-state index contributed by atoms with van der Waals surface area (Å²) in [4.78, 5) is 23.3. The minimum atomic E-state index is -1.39. The van der Waals surface area contributed by atoms with Crippen LogP contribution in [0.1, 0.15) is 12.8 Å². The lowest BCUT2D eigenvalue weighted by molar-refractivity contribution is -0.148. The summed E-state index contributed by atoms with van der Waals surface area (Å²) in [5.74, 6) is -1.69. The molecular weight excluding hydrogens is 303 g/mol. The van der Waals surface area contributed by atoms with Crippen molar-refractivity contribution in [2.24, 2.45) is 0 Å². The molecule has 1 aromatic rings. The number of nitrogens with one attached hydrogen (secondary N) is 2. The minimum Gasteiger partial charge on any atom is -0.480 e. The van der Waals surface area contributed by atoms with E-state index in [0.29, 0.717) is 0 Å². The number of carbonyl (C=O) groups is 2. The predicted molar refractivity (Wildman–Crippen MR) is 74.0 cm³/mol. The third-order valence-corrected chi connectivity index (χ3v) is 3.61. The molecule has 3 N–H and O–H groups in total. The van der Waals surface area contributed by atoms with E-state index >= 15 is 0 Å². The minimum absolute atomic E-state index is 0.0711. The van der Waals surface area contributed by atoms with Gasteiger partial charge in [-0.15, -0.1) is 0 Å². The summed E-state index contributed by atoms with van der Waals surface area (Å²) in [5.41, 5.74) is -1.32. The van der Waals surface area contributed by atoms with E-state index in [2.05, 4.69) is 10.6 Å². The van der Waals surface area contributed by atoms with Crippen molar-refractivity contribution in [2.45, 2.75) is 18.4 Å². The molecule has 0 spiro atoms. The summed E-state index contributed by atoms with van der Waals surface area (Å²) in [6.07, 6.45) is 0.319. The van der Waals surface area contributed by atoms with Crippen LogP contribution in [0.4, 0.5) is 14.9 Å². The Morgan fingerprint density at radius 3 is 2.62 bits per heavy atom. The van der Waals surface area contributed by atoms with E-state index in [0.717, 1.165) is 12.1 Å². The van der Waals surface area contributed by atoms with Gasteiger partial charge in [0.05, 0.1) is 10.7 Å². The number of carboxylic acids is 1. The molecule has 8 heteroatoms. The van der Waals surface area contributed by atoms with E-state index < -0.39 is 23.4 Å². The van der Waals surface area contributed by atoms with Gasteiger partial charge in [0, 0.05) is 26.1 Å². The summed E-state index contributed by atoms with van der Waals surface area (Å²) in [5, 5.41) is 14.2. The highest BCUT2D eigenvalue weighted by Gasteiger charge is 2.41. The van der Waals surface area contributed by atoms with Gasteiger partial charge in [-0.05, 0) is 18.2 Å². The molecule has 0 unspecified atom stereocenters. The first-order chi connectivity index (χ1) is 9.93. The van der Waals surface area contributed by atoms with E-state index in [4.69, 9.17) is 16.3 Å². The van der Waals surface area contributed by atoms with Crippen molar-refractivity contribution < 1.29 is 23.8 Å². The Kier molecular flexibility index (Phi) is 4.64. The summed E-state index contributed by atoms with van der Waals surface area (Å²) < 4.78 is 18.2. The Bertz CT molecular complexity index is 561. The van der Waals surface area contributed by atoms with Crippen molar-refractivity contribution in [1.82, 2.24) is 5.32 Å². The lowest BCUT2D eigenvalue weighted by Crippen LogP contribution is -2.58. The molecule has 1 fully saturated rings. The number of hydrogen-bond acceptors (Lipinski definition) is 3. The second kappa shape index (κ2) is 6.28. The first-order valence-electron chi connectivity index (χ1n) is 6.28. The number of ether oxygens (including phenoxy) is 1. The fourth-order valence-corrected chi connectivity index (χ4v) is 2.24. The highest BCUT2D eigenvalue weighted by Crippen LogP contribution is 2.24. The molecule has 0 radical (unpaired) electrons. The molecule has 1 aliphatic heterocycles. The highest BCUT2D eigenvalue weighted by atomic mass is 35.5. The van der Waals surface area contributed by atoms with Crippen molar-refractivity contribution in [1.29, 1.82) is 0 Å². The zero-order chi connectivity index (χ0) is 15.5. The van der Waals surface area contributed by atoms with E-state index in [1.54, 1.807) is 0 Å². The zero-order valence-corrected chi connectivity index (χ0v) is 11.7. The molecule has 0 atom stereocenters. The lowest BCUT2D eigenvalue weighted by atomic mass is 9.90. The number of carbonyl (C=O) groups excluding carboxylic acids is 1. The summed E-state index contributed by atoms with van der Waals surface area (Å²) in [6, 6.07) is 2.75. The number of halogens is 2. The Morgan fingerprint density at radius 2 is 2.00 bits per heavy atom. The summed E-state index contributed by atoms with van der Waals surface area (Å²) in [6.45, 7) is 0.487. The zero-order valence-electron chi connectivity index (χ0n) is 11.0. The van der Waals surface area contributed by atoms with E-state index in [9.17, 15) is 19.1 Å². The van der Waals surface area contributed by atoms with E-state index in [1.165, 1.54) is 6.07 Å². The van der Waals surface area contributed by atoms with E-state index in [-0.39, 0.29) is 36.8 Å². The van der Waals surface area contributed by atoms with Gasteiger partial charge in [0.15, 0.2) is 0 Å². The molecule has 2 rings (SSSR count). The van der Waals surface area contributed by atoms with Crippen LogP contribution in [0, 0.1) is 5.82 Å². The Labute approximate surface area is 125 Å². The van der Waals surface area contributed by atoms with Gasteiger partial charge in [-0.25, -0.2) is 14.0 Å². The predicted octanol–water partition coefficient (Wildman–Crippen LogP) is 2.23. The van der Waals surface area contributed by atoms with Gasteiger partial charge in [-0.2, -0.15) is 0 Å². The van der Waals surface area contributed by atoms with Crippen LogP contribution in [0.25, 0.3) is 0 Å². The Balaban J connectivity index is 2.09. The van der Waals surface area contributed by atoms with Gasteiger partial charge >= 0.3 is 12.0 Å². The molecule has 1 aliphatic rings. The number of urea groups is 1. The quantitative estimate of drug-likeness (QED) is 0.798. The third kappa shape index (κ3) is 3.62. The van der Waals surface area contributed by atoms with Crippen LogP contribution < -0.4 is 10.6 Å². The molecule has 114 valence electrons. The molecule has 0 bridgehead atoms. The maximum atomic E-state index is 13.1. The van der Waals surface area contributed by atoms with Crippen LogP contribution >= 0.6 is 11.6 Å². The third-order valence-electron chi connectivity index (χ3n) is 3.29. The maximum absolute atomic E-state index is 13.1. The van der Waals surface area contributed by atoms with Gasteiger partial charge in [0.1, 0.15) is 11.4 Å². The molecule has 21 heavy (non-hydrogen) atoms. The largest absolute Gasteiger partial charge is 0.480 e. The van der Waals surface area contributed by atoms with Gasteiger partial charge < -0.3 is 20.5 Å². The van der Waals surface area contributed by atoms with Crippen LogP contribution in [0.15, 0.2) is 18.2 Å². The normalized spacial score (nSPS) is 17.0. The number of rotatable bonds is 3. The topological polar surface area (TPSA) is 87.7 Å². The molecule has 0 aromatic heterocycles. The van der Waals surface area contributed by atoms with Crippen LogP contribution in [-0.4, -0.2) is 35.9 Å². The molecule has 2 amide bonds. The van der Waals surface area contributed by atoms with Gasteiger partial charge in [0.25, 0.3) is 0 Å². The van der Waals surface area contributed by atoms with Crippen LogP contribution in [0.5, 0.6) is 0 Å². The SMILES string of the molecule is O=C(Nc1cc(F)ccc1Cl)NC1(C(=O)O)CCOCC1. The van der Waals surface area contributed by atoms with Crippen LogP contribution in [-0.2, 0) is 9.53 Å². The first-order valence-corrected chi connectivity index (χ1v) is 6.66. The molecule has 6 nitrogen and oxygen atoms in total. The molecule has 1 aromatic carbocycles. The van der Waals surface area contributed by atoms with Gasteiger partial charge in [-0.1, -0.05) is 11.6 Å². The van der Waals surface area contributed by atoms with Gasteiger partial charge in [0.2, 0.25) is 0 Å². The Morgan fingerprint density at radius 1 is 1.33 bits per heavy atom. The van der Waals surface area contributed by atoms with Crippen molar-refractivity contribution in [3.8, 4) is 0 Å². The molecule has 1 saturated heterocycles. The second-order valence-corrected chi connectivity index (χ2v) is 5.11. The number of amides is 2. The van der Waals surface area contributed by atoms with Crippen LogP contribution in [0.3, 0.4) is 0 Å². The fraction of sp³-hybridized carbons (Fsp3) is 0.385. The number of carboxylic acid groups (broad SMARTS) is 1. The summed E-state index contributed by atoms with van der Waals surface area (Å²) in [7, 11) is 0. The standard InChI is InChI=1S/C13H14ClFN2O4/c14-9-2-1-8(15)7-10(9)16-12(20)17-13(11(18)19)3-5-21-6-4-13/h1-2,7H,3-6H2,(H,18,19)(H2,16,17,20). The number of hydrogen-bond donors (Lipinski definition) is 3.